The van der Waals surface area contributed by atoms with Crippen molar-refractivity contribution >= 4 is 17.3 Å². The number of anilines is 1. The summed E-state index contributed by atoms with van der Waals surface area (Å²) in [6, 6.07) is 14.0. The molecule has 2 aromatic rings. The van der Waals surface area contributed by atoms with Crippen LogP contribution in [0.2, 0.25) is 5.02 Å². The second kappa shape index (κ2) is 6.83. The molecule has 0 heterocycles. The minimum absolute atomic E-state index is 0.0107. The molecule has 0 saturated carbocycles. The van der Waals surface area contributed by atoms with Crippen LogP contribution in [-0.2, 0) is 6.54 Å². The fourth-order valence-electron chi connectivity index (χ4n) is 2.21. The molecule has 0 aromatic heterocycles. The van der Waals surface area contributed by atoms with Crippen molar-refractivity contribution in [2.45, 2.75) is 19.5 Å². The number of halogens is 1. The van der Waals surface area contributed by atoms with Gasteiger partial charge >= 0.3 is 0 Å². The molecule has 4 heteroatoms. The highest BCUT2D eigenvalue weighted by atomic mass is 35.5. The lowest BCUT2D eigenvalue weighted by Crippen LogP contribution is -2.17. The third-order valence-corrected chi connectivity index (χ3v) is 3.79. The molecule has 0 spiro atoms. The Balaban J connectivity index is 2.13. The number of benzene rings is 2. The van der Waals surface area contributed by atoms with Crippen LogP contribution in [0.15, 0.2) is 42.5 Å². The molecule has 112 valence electrons. The molecular formula is C17H21ClN2O. The van der Waals surface area contributed by atoms with Gasteiger partial charge in [-0.05, 0) is 42.3 Å². The Kier molecular flexibility index (Phi) is 5.10. The zero-order valence-corrected chi connectivity index (χ0v) is 13.4. The van der Waals surface area contributed by atoms with Crippen LogP contribution in [0.3, 0.4) is 0 Å². The first-order valence-corrected chi connectivity index (χ1v) is 7.28. The van der Waals surface area contributed by atoms with Crippen LogP contribution in [0.4, 0.5) is 5.69 Å². The fraction of sp³-hybridized carbons (Fsp3) is 0.294. The summed E-state index contributed by atoms with van der Waals surface area (Å²) >= 11 is 6.37. The van der Waals surface area contributed by atoms with Gasteiger partial charge in [-0.15, -0.1) is 0 Å². The van der Waals surface area contributed by atoms with E-state index >= 15 is 0 Å². The Bertz CT molecular complexity index is 596. The molecular weight excluding hydrogens is 284 g/mol. The maximum atomic E-state index is 6.37. The normalized spacial score (nSPS) is 12.0. The summed E-state index contributed by atoms with van der Waals surface area (Å²) in [4.78, 5) is 2.12. The monoisotopic (exact) mass is 304 g/mol. The van der Waals surface area contributed by atoms with E-state index in [0.717, 1.165) is 28.6 Å². The second-order valence-corrected chi connectivity index (χ2v) is 5.61. The molecule has 21 heavy (non-hydrogen) atoms. The Morgan fingerprint density at radius 2 is 1.86 bits per heavy atom. The standard InChI is InChI=1S/C17H21ClN2O/c1-12(19)14-6-9-17(16(18)10-14)20(2)11-13-4-7-15(21-3)8-5-13/h4-10,12H,11,19H2,1-3H3/t12-/m1/s1. The first-order valence-electron chi connectivity index (χ1n) is 6.90. The molecule has 2 rings (SSSR count). The van der Waals surface area contributed by atoms with Gasteiger partial charge in [0.1, 0.15) is 5.75 Å². The van der Waals surface area contributed by atoms with E-state index in [-0.39, 0.29) is 6.04 Å². The van der Waals surface area contributed by atoms with Crippen molar-refractivity contribution in [3.8, 4) is 5.75 Å². The molecule has 0 radical (unpaired) electrons. The number of nitrogens with zero attached hydrogens (tertiary/aromatic N) is 1. The first kappa shape index (κ1) is 15.7. The highest BCUT2D eigenvalue weighted by Crippen LogP contribution is 2.29. The quantitative estimate of drug-likeness (QED) is 0.907. The minimum Gasteiger partial charge on any atom is -0.497 e. The maximum Gasteiger partial charge on any atom is 0.118 e. The van der Waals surface area contributed by atoms with Gasteiger partial charge in [-0.25, -0.2) is 0 Å². The van der Waals surface area contributed by atoms with Crippen molar-refractivity contribution in [1.82, 2.24) is 0 Å². The predicted molar refractivity (Wildman–Crippen MR) is 89.2 cm³/mol. The van der Waals surface area contributed by atoms with Gasteiger partial charge in [0.2, 0.25) is 0 Å². The van der Waals surface area contributed by atoms with Gasteiger partial charge in [-0.2, -0.15) is 0 Å². The topological polar surface area (TPSA) is 38.5 Å². The van der Waals surface area contributed by atoms with Gasteiger partial charge in [0, 0.05) is 19.6 Å². The summed E-state index contributed by atoms with van der Waals surface area (Å²) < 4.78 is 5.17. The van der Waals surface area contributed by atoms with E-state index in [2.05, 4.69) is 17.0 Å². The molecule has 0 saturated heterocycles. The van der Waals surface area contributed by atoms with Crippen LogP contribution >= 0.6 is 11.6 Å². The molecule has 0 aliphatic heterocycles. The van der Waals surface area contributed by atoms with Crippen LogP contribution in [0.25, 0.3) is 0 Å². The van der Waals surface area contributed by atoms with Crippen molar-refractivity contribution in [2.75, 3.05) is 19.1 Å². The van der Waals surface area contributed by atoms with E-state index in [0.29, 0.717) is 0 Å². The van der Waals surface area contributed by atoms with Crippen molar-refractivity contribution < 1.29 is 4.74 Å². The zero-order chi connectivity index (χ0) is 15.4. The van der Waals surface area contributed by atoms with E-state index in [4.69, 9.17) is 22.1 Å². The fourth-order valence-corrected chi connectivity index (χ4v) is 2.54. The lowest BCUT2D eigenvalue weighted by molar-refractivity contribution is 0.414. The number of hydrogen-bond donors (Lipinski definition) is 1. The summed E-state index contributed by atoms with van der Waals surface area (Å²) in [5.74, 6) is 0.862. The lowest BCUT2D eigenvalue weighted by atomic mass is 10.1. The summed E-state index contributed by atoms with van der Waals surface area (Å²) in [6.07, 6.45) is 0. The molecule has 0 aliphatic rings. The second-order valence-electron chi connectivity index (χ2n) is 5.20. The van der Waals surface area contributed by atoms with Crippen LogP contribution in [0.5, 0.6) is 5.75 Å². The molecule has 1 atom stereocenters. The van der Waals surface area contributed by atoms with Crippen molar-refractivity contribution in [1.29, 1.82) is 0 Å². The molecule has 2 N–H and O–H groups in total. The zero-order valence-electron chi connectivity index (χ0n) is 12.6. The van der Waals surface area contributed by atoms with E-state index in [1.165, 1.54) is 5.56 Å². The van der Waals surface area contributed by atoms with Crippen molar-refractivity contribution in [2.24, 2.45) is 5.73 Å². The third kappa shape index (κ3) is 3.90. The lowest BCUT2D eigenvalue weighted by Gasteiger charge is -2.22. The Morgan fingerprint density at radius 3 is 2.38 bits per heavy atom. The SMILES string of the molecule is COc1ccc(CN(C)c2ccc([C@@H](C)N)cc2Cl)cc1. The Hall–Kier alpha value is -1.71. The van der Waals surface area contributed by atoms with Crippen molar-refractivity contribution in [3.63, 3.8) is 0 Å². The minimum atomic E-state index is -0.0107. The summed E-state index contributed by atoms with van der Waals surface area (Å²) in [5.41, 5.74) is 9.12. The molecule has 0 fully saturated rings. The summed E-state index contributed by atoms with van der Waals surface area (Å²) in [7, 11) is 3.69. The van der Waals surface area contributed by atoms with Gasteiger partial charge in [0.15, 0.2) is 0 Å². The average Bonchev–Trinajstić information content (AvgIpc) is 2.47. The highest BCUT2D eigenvalue weighted by molar-refractivity contribution is 6.33. The molecule has 0 aliphatic carbocycles. The number of rotatable bonds is 5. The largest absolute Gasteiger partial charge is 0.497 e. The van der Waals surface area contributed by atoms with Gasteiger partial charge in [0.05, 0.1) is 17.8 Å². The van der Waals surface area contributed by atoms with Crippen LogP contribution in [0.1, 0.15) is 24.1 Å². The van der Waals surface area contributed by atoms with E-state index < -0.39 is 0 Å². The first-order chi connectivity index (χ1) is 10.0. The number of methoxy groups -OCH3 is 1. The van der Waals surface area contributed by atoms with Gasteiger partial charge in [-0.1, -0.05) is 29.8 Å². The van der Waals surface area contributed by atoms with E-state index in [1.54, 1.807) is 7.11 Å². The molecule has 3 nitrogen and oxygen atoms in total. The average molecular weight is 305 g/mol. The smallest absolute Gasteiger partial charge is 0.118 e. The molecule has 0 amide bonds. The molecule has 0 bridgehead atoms. The van der Waals surface area contributed by atoms with E-state index in [9.17, 15) is 0 Å². The number of hydrogen-bond acceptors (Lipinski definition) is 3. The van der Waals surface area contributed by atoms with Gasteiger partial charge < -0.3 is 15.4 Å². The van der Waals surface area contributed by atoms with Gasteiger partial charge in [0.25, 0.3) is 0 Å². The Labute approximate surface area is 131 Å². The predicted octanol–water partition coefficient (Wildman–Crippen LogP) is 4.00. The summed E-state index contributed by atoms with van der Waals surface area (Å²) in [6.45, 7) is 2.73. The number of ether oxygens (including phenoxy) is 1. The molecule has 2 aromatic carbocycles. The molecule has 0 unspecified atom stereocenters. The van der Waals surface area contributed by atoms with Crippen LogP contribution < -0.4 is 15.4 Å². The Morgan fingerprint density at radius 1 is 1.19 bits per heavy atom. The van der Waals surface area contributed by atoms with E-state index in [1.807, 2.05) is 44.3 Å². The van der Waals surface area contributed by atoms with Crippen molar-refractivity contribution in [3.05, 3.63) is 58.6 Å². The summed E-state index contributed by atoms with van der Waals surface area (Å²) in [5, 5.41) is 0.723. The maximum absolute atomic E-state index is 6.37. The van der Waals surface area contributed by atoms with Gasteiger partial charge in [-0.3, -0.25) is 0 Å². The van der Waals surface area contributed by atoms with Crippen LogP contribution in [-0.4, -0.2) is 14.2 Å². The number of nitrogens with two attached hydrogens (primary N) is 1. The highest BCUT2D eigenvalue weighted by Gasteiger charge is 2.09. The third-order valence-electron chi connectivity index (χ3n) is 3.49. The van der Waals surface area contributed by atoms with Crippen LogP contribution in [0, 0.1) is 0 Å².